The normalized spacial score (nSPS) is 11.7. The number of aliphatic hydroxyl groups is 1. The highest BCUT2D eigenvalue weighted by molar-refractivity contribution is 5.77. The highest BCUT2D eigenvalue weighted by atomic mass is 16.5. The molecular formula is C13H16O4. The second kappa shape index (κ2) is 6.06. The van der Waals surface area contributed by atoms with Gasteiger partial charge in [0, 0.05) is 5.56 Å². The van der Waals surface area contributed by atoms with Crippen molar-refractivity contribution in [1.29, 1.82) is 0 Å². The highest BCUT2D eigenvalue weighted by Crippen LogP contribution is 2.26. The lowest BCUT2D eigenvalue weighted by Gasteiger charge is -2.14. The molecule has 0 amide bonds. The SMILES string of the molecule is C=C(C)COc1ccccc1C(O)C(=O)OC. The van der Waals surface area contributed by atoms with Crippen molar-refractivity contribution >= 4 is 5.97 Å². The van der Waals surface area contributed by atoms with E-state index in [9.17, 15) is 9.90 Å². The molecule has 0 saturated heterocycles. The van der Waals surface area contributed by atoms with E-state index in [1.54, 1.807) is 24.3 Å². The number of benzene rings is 1. The first-order valence-corrected chi connectivity index (χ1v) is 5.18. The van der Waals surface area contributed by atoms with Crippen molar-refractivity contribution in [2.24, 2.45) is 0 Å². The molecule has 0 saturated carbocycles. The number of hydrogen-bond acceptors (Lipinski definition) is 4. The molecular weight excluding hydrogens is 220 g/mol. The van der Waals surface area contributed by atoms with Crippen LogP contribution in [0.4, 0.5) is 0 Å². The van der Waals surface area contributed by atoms with Gasteiger partial charge < -0.3 is 14.6 Å². The lowest BCUT2D eigenvalue weighted by atomic mass is 10.1. The van der Waals surface area contributed by atoms with Gasteiger partial charge in [-0.2, -0.15) is 0 Å². The first kappa shape index (κ1) is 13.3. The third kappa shape index (κ3) is 3.60. The zero-order chi connectivity index (χ0) is 12.8. The Morgan fingerprint density at radius 2 is 2.12 bits per heavy atom. The van der Waals surface area contributed by atoms with Gasteiger partial charge in [-0.05, 0) is 18.6 Å². The van der Waals surface area contributed by atoms with Crippen molar-refractivity contribution in [2.45, 2.75) is 13.0 Å². The van der Waals surface area contributed by atoms with E-state index >= 15 is 0 Å². The number of aliphatic hydroxyl groups excluding tert-OH is 1. The fourth-order valence-electron chi connectivity index (χ4n) is 1.28. The van der Waals surface area contributed by atoms with E-state index < -0.39 is 12.1 Å². The first-order chi connectivity index (χ1) is 8.06. The van der Waals surface area contributed by atoms with Gasteiger partial charge in [0.25, 0.3) is 0 Å². The van der Waals surface area contributed by atoms with Crippen molar-refractivity contribution in [1.82, 2.24) is 0 Å². The molecule has 92 valence electrons. The van der Waals surface area contributed by atoms with Crippen LogP contribution in [-0.4, -0.2) is 24.8 Å². The van der Waals surface area contributed by atoms with Crippen molar-refractivity contribution in [3.05, 3.63) is 42.0 Å². The van der Waals surface area contributed by atoms with Crippen molar-refractivity contribution in [2.75, 3.05) is 13.7 Å². The Hall–Kier alpha value is -1.81. The van der Waals surface area contributed by atoms with Crippen molar-refractivity contribution in [3.8, 4) is 5.75 Å². The number of rotatable bonds is 5. The monoisotopic (exact) mass is 236 g/mol. The average Bonchev–Trinajstić information content (AvgIpc) is 2.34. The summed E-state index contributed by atoms with van der Waals surface area (Å²) < 4.78 is 9.93. The molecule has 0 aliphatic carbocycles. The van der Waals surface area contributed by atoms with E-state index in [1.165, 1.54) is 7.11 Å². The predicted octanol–water partition coefficient (Wildman–Crippen LogP) is 1.85. The van der Waals surface area contributed by atoms with Gasteiger partial charge in [0.2, 0.25) is 0 Å². The van der Waals surface area contributed by atoms with Crippen LogP contribution in [0.2, 0.25) is 0 Å². The fraction of sp³-hybridized carbons (Fsp3) is 0.308. The van der Waals surface area contributed by atoms with Gasteiger partial charge in [-0.15, -0.1) is 0 Å². The number of para-hydroxylation sites is 1. The maximum atomic E-state index is 11.3. The second-order valence-electron chi connectivity index (χ2n) is 3.71. The molecule has 0 heterocycles. The molecule has 1 aromatic carbocycles. The summed E-state index contributed by atoms with van der Waals surface area (Å²) in [7, 11) is 1.23. The van der Waals surface area contributed by atoms with Gasteiger partial charge in [0.1, 0.15) is 12.4 Å². The molecule has 0 aliphatic heterocycles. The molecule has 0 aliphatic rings. The van der Waals surface area contributed by atoms with Gasteiger partial charge in [0.05, 0.1) is 7.11 Å². The Kier molecular flexibility index (Phi) is 4.72. The molecule has 0 radical (unpaired) electrons. The number of ether oxygens (including phenoxy) is 2. The Balaban J connectivity index is 2.90. The topological polar surface area (TPSA) is 55.8 Å². The van der Waals surface area contributed by atoms with Crippen LogP contribution in [0.25, 0.3) is 0 Å². The van der Waals surface area contributed by atoms with Gasteiger partial charge in [-0.3, -0.25) is 0 Å². The number of hydrogen-bond donors (Lipinski definition) is 1. The highest BCUT2D eigenvalue weighted by Gasteiger charge is 2.21. The summed E-state index contributed by atoms with van der Waals surface area (Å²) in [6, 6.07) is 6.79. The molecule has 0 spiro atoms. The van der Waals surface area contributed by atoms with Gasteiger partial charge >= 0.3 is 5.97 Å². The second-order valence-corrected chi connectivity index (χ2v) is 3.71. The van der Waals surface area contributed by atoms with Crippen molar-refractivity contribution in [3.63, 3.8) is 0 Å². The fourth-order valence-corrected chi connectivity index (χ4v) is 1.28. The van der Waals surface area contributed by atoms with Crippen LogP contribution in [0, 0.1) is 0 Å². The molecule has 4 heteroatoms. The summed E-state index contributed by atoms with van der Waals surface area (Å²) in [4.78, 5) is 11.3. The summed E-state index contributed by atoms with van der Waals surface area (Å²) in [5.74, 6) is -0.259. The van der Waals surface area contributed by atoms with Crippen LogP contribution in [0.15, 0.2) is 36.4 Å². The molecule has 4 nitrogen and oxygen atoms in total. The van der Waals surface area contributed by atoms with E-state index in [1.807, 2.05) is 6.92 Å². The predicted molar refractivity (Wildman–Crippen MR) is 63.7 cm³/mol. The molecule has 1 unspecified atom stereocenters. The Labute approximate surface area is 100 Å². The standard InChI is InChI=1S/C13H16O4/c1-9(2)8-17-11-7-5-4-6-10(11)12(14)13(15)16-3/h4-7,12,14H,1,8H2,2-3H3. The molecule has 0 fully saturated rings. The number of carbonyl (C=O) groups excluding carboxylic acids is 1. The number of methoxy groups -OCH3 is 1. The Morgan fingerprint density at radius 1 is 1.47 bits per heavy atom. The zero-order valence-electron chi connectivity index (χ0n) is 9.97. The molecule has 0 bridgehead atoms. The van der Waals surface area contributed by atoms with Crippen LogP contribution in [0.5, 0.6) is 5.75 Å². The largest absolute Gasteiger partial charge is 0.489 e. The smallest absolute Gasteiger partial charge is 0.339 e. The summed E-state index contributed by atoms with van der Waals surface area (Å²) in [5.41, 5.74) is 1.24. The molecule has 0 aromatic heterocycles. The van der Waals surface area contributed by atoms with Crippen LogP contribution >= 0.6 is 0 Å². The summed E-state index contributed by atoms with van der Waals surface area (Å²) in [6.45, 7) is 5.89. The molecule has 1 atom stereocenters. The third-order valence-electron chi connectivity index (χ3n) is 2.11. The average molecular weight is 236 g/mol. The van der Waals surface area contributed by atoms with Crippen molar-refractivity contribution < 1.29 is 19.4 Å². The maximum Gasteiger partial charge on any atom is 0.339 e. The lowest BCUT2D eigenvalue weighted by molar-refractivity contribution is -0.150. The minimum absolute atomic E-state index is 0.338. The van der Waals surface area contributed by atoms with Crippen LogP contribution in [0.1, 0.15) is 18.6 Å². The third-order valence-corrected chi connectivity index (χ3v) is 2.11. The van der Waals surface area contributed by atoms with E-state index in [4.69, 9.17) is 4.74 Å². The Morgan fingerprint density at radius 3 is 2.71 bits per heavy atom. The summed E-state index contributed by atoms with van der Waals surface area (Å²) in [6.07, 6.45) is -1.33. The summed E-state index contributed by atoms with van der Waals surface area (Å²) >= 11 is 0. The van der Waals surface area contributed by atoms with Crippen LogP contribution < -0.4 is 4.74 Å². The molecule has 1 rings (SSSR count). The van der Waals surface area contributed by atoms with E-state index in [-0.39, 0.29) is 0 Å². The van der Waals surface area contributed by atoms with Gasteiger partial charge in [0.15, 0.2) is 6.10 Å². The lowest BCUT2D eigenvalue weighted by Crippen LogP contribution is -2.15. The van der Waals surface area contributed by atoms with Crippen LogP contribution in [0.3, 0.4) is 0 Å². The number of esters is 1. The number of carbonyl (C=O) groups is 1. The molecule has 17 heavy (non-hydrogen) atoms. The van der Waals surface area contributed by atoms with Crippen LogP contribution in [-0.2, 0) is 9.53 Å². The first-order valence-electron chi connectivity index (χ1n) is 5.18. The summed E-state index contributed by atoms with van der Waals surface area (Å²) in [5, 5.41) is 9.76. The van der Waals surface area contributed by atoms with E-state index in [0.717, 1.165) is 5.57 Å². The van der Waals surface area contributed by atoms with Gasteiger partial charge in [-0.1, -0.05) is 24.8 Å². The van der Waals surface area contributed by atoms with E-state index in [0.29, 0.717) is 17.9 Å². The molecule has 1 aromatic rings. The zero-order valence-corrected chi connectivity index (χ0v) is 9.97. The quantitative estimate of drug-likeness (QED) is 0.626. The van der Waals surface area contributed by atoms with Gasteiger partial charge in [-0.25, -0.2) is 4.79 Å². The maximum absolute atomic E-state index is 11.3. The Bertz CT molecular complexity index is 412. The molecule has 1 N–H and O–H groups in total. The van der Waals surface area contributed by atoms with E-state index in [2.05, 4.69) is 11.3 Å². The minimum Gasteiger partial charge on any atom is -0.489 e. The minimum atomic E-state index is -1.33.